The molecule has 1 aromatic carbocycles. The summed E-state index contributed by atoms with van der Waals surface area (Å²) in [7, 11) is 4.02. The number of anilines is 1. The highest BCUT2D eigenvalue weighted by Gasteiger charge is 2.11. The van der Waals surface area contributed by atoms with Gasteiger partial charge in [0.25, 0.3) is 0 Å². The lowest BCUT2D eigenvalue weighted by Crippen LogP contribution is -2.24. The van der Waals surface area contributed by atoms with E-state index >= 15 is 0 Å². The van der Waals surface area contributed by atoms with Gasteiger partial charge in [0.2, 0.25) is 5.95 Å². The van der Waals surface area contributed by atoms with Crippen molar-refractivity contribution in [1.29, 1.82) is 0 Å². The first kappa shape index (κ1) is 11.9. The number of hydrogen-bond acceptors (Lipinski definition) is 3. The number of aryl methyl sites for hydroxylation is 1. The van der Waals surface area contributed by atoms with Gasteiger partial charge in [-0.15, -0.1) is 0 Å². The molecule has 17 heavy (non-hydrogen) atoms. The molecule has 0 aliphatic carbocycles. The maximum absolute atomic E-state index is 9.30. The van der Waals surface area contributed by atoms with Gasteiger partial charge >= 0.3 is 0 Å². The van der Waals surface area contributed by atoms with Gasteiger partial charge in [-0.3, -0.25) is 0 Å². The molecule has 0 saturated carbocycles. The van der Waals surface area contributed by atoms with Crippen molar-refractivity contribution in [2.75, 3.05) is 18.5 Å². The van der Waals surface area contributed by atoms with Crippen molar-refractivity contribution in [3.63, 3.8) is 0 Å². The Kier molecular flexibility index (Phi) is 3.33. The highest BCUT2D eigenvalue weighted by molar-refractivity contribution is 5.78. The highest BCUT2D eigenvalue weighted by Crippen LogP contribution is 2.20. The molecule has 0 aliphatic rings. The Morgan fingerprint density at radius 1 is 1.41 bits per heavy atom. The van der Waals surface area contributed by atoms with Crippen LogP contribution in [0.3, 0.4) is 0 Å². The van der Waals surface area contributed by atoms with Gasteiger partial charge in [-0.25, -0.2) is 4.98 Å². The van der Waals surface area contributed by atoms with Crippen LogP contribution in [0.25, 0.3) is 11.0 Å². The molecule has 0 amide bonds. The van der Waals surface area contributed by atoms with Crippen LogP contribution >= 0.6 is 0 Å². The van der Waals surface area contributed by atoms with Crippen molar-refractivity contribution in [1.82, 2.24) is 9.55 Å². The smallest absolute Gasteiger partial charge is 0.206 e. The van der Waals surface area contributed by atoms with Gasteiger partial charge in [0.15, 0.2) is 0 Å². The Labute approximate surface area is 101 Å². The third kappa shape index (κ3) is 2.42. The molecule has 1 N–H and O–H groups in total. The lowest BCUT2D eigenvalue weighted by atomic mass is 10.3. The number of aromatic nitrogens is 2. The van der Waals surface area contributed by atoms with E-state index in [2.05, 4.69) is 20.5 Å². The van der Waals surface area contributed by atoms with Crippen LogP contribution < -0.4 is 4.90 Å². The summed E-state index contributed by atoms with van der Waals surface area (Å²) < 4.78 is 2.08. The molecule has 4 nitrogen and oxygen atoms in total. The number of rotatable bonds is 4. The van der Waals surface area contributed by atoms with Gasteiger partial charge < -0.3 is 14.6 Å². The summed E-state index contributed by atoms with van der Waals surface area (Å²) in [6.07, 6.45) is 0.479. The molecule has 0 saturated heterocycles. The maximum Gasteiger partial charge on any atom is 0.206 e. The SMILES string of the molecule is CC(O)CCN(C)c1nc2ccccc2n1C. The summed E-state index contributed by atoms with van der Waals surface area (Å²) in [6.45, 7) is 2.61. The summed E-state index contributed by atoms with van der Waals surface area (Å²) in [5.41, 5.74) is 2.14. The van der Waals surface area contributed by atoms with E-state index in [4.69, 9.17) is 0 Å². The molecule has 1 aromatic heterocycles. The number of nitrogens with zero attached hydrogens (tertiary/aromatic N) is 3. The number of fused-ring (bicyclic) bond motifs is 1. The average Bonchev–Trinajstić information content (AvgIpc) is 2.64. The average molecular weight is 233 g/mol. The number of aliphatic hydroxyl groups is 1. The molecule has 0 radical (unpaired) electrons. The minimum atomic E-state index is -0.271. The van der Waals surface area contributed by atoms with Crippen LogP contribution in [0.4, 0.5) is 5.95 Å². The quantitative estimate of drug-likeness (QED) is 0.875. The van der Waals surface area contributed by atoms with Crippen molar-refractivity contribution < 1.29 is 5.11 Å². The standard InChI is InChI=1S/C13H19N3O/c1-10(17)8-9-15(2)13-14-11-6-4-5-7-12(11)16(13)3/h4-7,10,17H,8-9H2,1-3H3. The van der Waals surface area contributed by atoms with E-state index in [1.54, 1.807) is 0 Å². The van der Waals surface area contributed by atoms with Gasteiger partial charge in [-0.2, -0.15) is 0 Å². The van der Waals surface area contributed by atoms with E-state index in [9.17, 15) is 5.11 Å². The highest BCUT2D eigenvalue weighted by atomic mass is 16.3. The van der Waals surface area contributed by atoms with E-state index in [-0.39, 0.29) is 6.10 Å². The topological polar surface area (TPSA) is 41.3 Å². The first-order valence-electron chi connectivity index (χ1n) is 5.90. The van der Waals surface area contributed by atoms with E-state index < -0.39 is 0 Å². The Balaban J connectivity index is 2.26. The lowest BCUT2D eigenvalue weighted by molar-refractivity contribution is 0.186. The zero-order chi connectivity index (χ0) is 12.4. The summed E-state index contributed by atoms with van der Waals surface area (Å²) in [5.74, 6) is 0.937. The molecule has 1 heterocycles. The number of imidazole rings is 1. The van der Waals surface area contributed by atoms with Gasteiger partial charge in [0.05, 0.1) is 17.1 Å². The fraction of sp³-hybridized carbons (Fsp3) is 0.462. The van der Waals surface area contributed by atoms with Gasteiger partial charge in [-0.1, -0.05) is 12.1 Å². The molecule has 0 spiro atoms. The molecule has 0 bridgehead atoms. The van der Waals surface area contributed by atoms with Crippen molar-refractivity contribution in [2.24, 2.45) is 7.05 Å². The molecule has 1 unspecified atom stereocenters. The van der Waals surface area contributed by atoms with Crippen molar-refractivity contribution >= 4 is 17.0 Å². The molecule has 0 aliphatic heterocycles. The Bertz CT molecular complexity index is 504. The Hall–Kier alpha value is -1.55. The number of para-hydroxylation sites is 2. The number of benzene rings is 1. The molecule has 4 heteroatoms. The van der Waals surface area contributed by atoms with Gasteiger partial charge in [-0.05, 0) is 25.5 Å². The largest absolute Gasteiger partial charge is 0.393 e. The number of aliphatic hydroxyl groups excluding tert-OH is 1. The normalized spacial score (nSPS) is 12.9. The second-order valence-corrected chi connectivity index (χ2v) is 4.52. The monoisotopic (exact) mass is 233 g/mol. The van der Waals surface area contributed by atoms with E-state index in [0.717, 1.165) is 29.9 Å². The first-order valence-corrected chi connectivity index (χ1v) is 5.90. The molecular formula is C13H19N3O. The minimum Gasteiger partial charge on any atom is -0.393 e. The molecule has 0 fully saturated rings. The van der Waals surface area contributed by atoms with Crippen LogP contribution in [-0.4, -0.2) is 34.4 Å². The van der Waals surface area contributed by atoms with Crippen LogP contribution in [0, 0.1) is 0 Å². The van der Waals surface area contributed by atoms with E-state index in [1.807, 2.05) is 39.2 Å². The Morgan fingerprint density at radius 2 is 2.12 bits per heavy atom. The molecular weight excluding hydrogens is 214 g/mol. The van der Waals surface area contributed by atoms with E-state index in [1.165, 1.54) is 0 Å². The second-order valence-electron chi connectivity index (χ2n) is 4.52. The minimum absolute atomic E-state index is 0.271. The van der Waals surface area contributed by atoms with Crippen molar-refractivity contribution in [3.8, 4) is 0 Å². The van der Waals surface area contributed by atoms with Crippen LogP contribution in [-0.2, 0) is 7.05 Å². The number of hydrogen-bond donors (Lipinski definition) is 1. The molecule has 1 atom stereocenters. The molecule has 92 valence electrons. The fourth-order valence-corrected chi connectivity index (χ4v) is 1.95. The van der Waals surface area contributed by atoms with Crippen molar-refractivity contribution in [2.45, 2.75) is 19.4 Å². The third-order valence-electron chi connectivity index (χ3n) is 2.99. The van der Waals surface area contributed by atoms with E-state index in [0.29, 0.717) is 0 Å². The molecule has 2 aromatic rings. The zero-order valence-electron chi connectivity index (χ0n) is 10.6. The first-order chi connectivity index (χ1) is 8.09. The van der Waals surface area contributed by atoms with Gasteiger partial charge in [0, 0.05) is 20.6 Å². The maximum atomic E-state index is 9.30. The third-order valence-corrected chi connectivity index (χ3v) is 2.99. The summed E-state index contributed by atoms with van der Waals surface area (Å²) in [4.78, 5) is 6.67. The van der Waals surface area contributed by atoms with Crippen LogP contribution in [0.5, 0.6) is 0 Å². The predicted octanol–water partition coefficient (Wildman–Crippen LogP) is 1.78. The summed E-state index contributed by atoms with van der Waals surface area (Å²) >= 11 is 0. The Morgan fingerprint density at radius 3 is 2.76 bits per heavy atom. The summed E-state index contributed by atoms with van der Waals surface area (Å²) in [5, 5.41) is 9.30. The fourth-order valence-electron chi connectivity index (χ4n) is 1.95. The van der Waals surface area contributed by atoms with Crippen LogP contribution in [0.1, 0.15) is 13.3 Å². The van der Waals surface area contributed by atoms with Gasteiger partial charge in [0.1, 0.15) is 0 Å². The van der Waals surface area contributed by atoms with Crippen LogP contribution in [0.2, 0.25) is 0 Å². The molecule has 2 rings (SSSR count). The predicted molar refractivity (Wildman–Crippen MR) is 70.3 cm³/mol. The second kappa shape index (κ2) is 4.75. The zero-order valence-corrected chi connectivity index (χ0v) is 10.6. The lowest BCUT2D eigenvalue weighted by Gasteiger charge is -2.18. The van der Waals surface area contributed by atoms with Crippen molar-refractivity contribution in [3.05, 3.63) is 24.3 Å². The summed E-state index contributed by atoms with van der Waals surface area (Å²) in [6, 6.07) is 8.09. The van der Waals surface area contributed by atoms with Crippen LogP contribution in [0.15, 0.2) is 24.3 Å².